The van der Waals surface area contributed by atoms with Gasteiger partial charge in [0.05, 0.1) is 12.9 Å². The van der Waals surface area contributed by atoms with Crippen molar-refractivity contribution in [2.24, 2.45) is 0 Å². The highest BCUT2D eigenvalue weighted by molar-refractivity contribution is 8.01. The molecule has 0 bridgehead atoms. The van der Waals surface area contributed by atoms with Gasteiger partial charge in [0.1, 0.15) is 5.75 Å². The third-order valence-electron chi connectivity index (χ3n) is 3.18. The molecule has 24 heavy (non-hydrogen) atoms. The molecule has 2 aromatic rings. The maximum atomic E-state index is 11.9. The number of carbonyl (C=O) groups excluding carboxylic acids is 1. The normalized spacial score (nSPS) is 11.8. The maximum absolute atomic E-state index is 11.9. The van der Waals surface area contributed by atoms with Gasteiger partial charge in [-0.15, -0.1) is 10.2 Å². The predicted octanol–water partition coefficient (Wildman–Crippen LogP) is 3.69. The van der Waals surface area contributed by atoms with Crippen LogP contribution in [0.3, 0.4) is 0 Å². The first kappa shape index (κ1) is 18.5. The van der Waals surface area contributed by atoms with Crippen LogP contribution in [0.5, 0.6) is 5.75 Å². The van der Waals surface area contributed by atoms with Crippen molar-refractivity contribution in [1.29, 1.82) is 0 Å². The van der Waals surface area contributed by atoms with Crippen molar-refractivity contribution in [2.75, 3.05) is 18.2 Å². The van der Waals surface area contributed by atoms with Crippen LogP contribution in [-0.2, 0) is 4.79 Å². The quantitative estimate of drug-likeness (QED) is 0.659. The van der Waals surface area contributed by atoms with E-state index in [1.54, 1.807) is 7.11 Å². The van der Waals surface area contributed by atoms with Gasteiger partial charge in [-0.1, -0.05) is 42.5 Å². The molecule has 0 saturated carbocycles. The summed E-state index contributed by atoms with van der Waals surface area (Å²) in [6.07, 6.45) is 2.05. The molecule has 8 heteroatoms. The van der Waals surface area contributed by atoms with Crippen LogP contribution in [0.2, 0.25) is 0 Å². The van der Waals surface area contributed by atoms with E-state index in [0.717, 1.165) is 28.6 Å². The molecule has 0 radical (unpaired) electrons. The van der Waals surface area contributed by atoms with Crippen molar-refractivity contribution in [2.45, 2.75) is 37.1 Å². The number of methoxy groups -OCH3 is 1. The fourth-order valence-electron chi connectivity index (χ4n) is 2.09. The van der Waals surface area contributed by atoms with Gasteiger partial charge in [-0.05, 0) is 25.5 Å². The van der Waals surface area contributed by atoms with E-state index in [4.69, 9.17) is 4.74 Å². The van der Waals surface area contributed by atoms with Gasteiger partial charge in [0.25, 0.3) is 0 Å². The van der Waals surface area contributed by atoms with E-state index in [-0.39, 0.29) is 11.9 Å². The van der Waals surface area contributed by atoms with Crippen molar-refractivity contribution < 1.29 is 9.53 Å². The average Bonchev–Trinajstić information content (AvgIpc) is 3.01. The Hall–Kier alpha value is -1.80. The second-order valence-electron chi connectivity index (χ2n) is 5.28. The van der Waals surface area contributed by atoms with Gasteiger partial charge >= 0.3 is 0 Å². The SMILES string of the molecule is CCCC(C)NC(=O)CSc1nnc(Nc2cccc(OC)c2)s1. The van der Waals surface area contributed by atoms with Crippen molar-refractivity contribution in [3.8, 4) is 5.75 Å². The fourth-order valence-corrected chi connectivity index (χ4v) is 3.68. The molecule has 1 amide bonds. The Balaban J connectivity index is 1.83. The molecule has 0 aliphatic rings. The lowest BCUT2D eigenvalue weighted by Gasteiger charge is -2.11. The zero-order valence-electron chi connectivity index (χ0n) is 14.0. The number of hydrogen-bond acceptors (Lipinski definition) is 7. The number of ether oxygens (including phenoxy) is 1. The number of aromatic nitrogens is 2. The number of nitrogens with one attached hydrogen (secondary N) is 2. The van der Waals surface area contributed by atoms with E-state index in [0.29, 0.717) is 10.9 Å². The van der Waals surface area contributed by atoms with Crippen molar-refractivity contribution in [3.63, 3.8) is 0 Å². The summed E-state index contributed by atoms with van der Waals surface area (Å²) in [5.41, 5.74) is 0.883. The molecule has 1 aromatic heterocycles. The van der Waals surface area contributed by atoms with E-state index >= 15 is 0 Å². The highest BCUT2D eigenvalue weighted by Gasteiger charge is 2.10. The van der Waals surface area contributed by atoms with E-state index < -0.39 is 0 Å². The zero-order valence-corrected chi connectivity index (χ0v) is 15.7. The van der Waals surface area contributed by atoms with Crippen LogP contribution < -0.4 is 15.4 Å². The Kier molecular flexibility index (Phi) is 7.33. The molecular weight excluding hydrogens is 344 g/mol. The highest BCUT2D eigenvalue weighted by Crippen LogP contribution is 2.28. The minimum Gasteiger partial charge on any atom is -0.497 e. The number of nitrogens with zero attached hydrogens (tertiary/aromatic N) is 2. The first-order valence-electron chi connectivity index (χ1n) is 7.77. The smallest absolute Gasteiger partial charge is 0.230 e. The van der Waals surface area contributed by atoms with Crippen LogP contribution in [-0.4, -0.2) is 35.0 Å². The summed E-state index contributed by atoms with van der Waals surface area (Å²) >= 11 is 2.82. The highest BCUT2D eigenvalue weighted by atomic mass is 32.2. The third-order valence-corrected chi connectivity index (χ3v) is 5.16. The molecule has 130 valence electrons. The number of rotatable bonds is 9. The van der Waals surface area contributed by atoms with Gasteiger partial charge in [0.2, 0.25) is 11.0 Å². The lowest BCUT2D eigenvalue weighted by Crippen LogP contribution is -2.33. The monoisotopic (exact) mass is 366 g/mol. The molecular formula is C16H22N4O2S2. The summed E-state index contributed by atoms with van der Waals surface area (Å²) in [5.74, 6) is 1.15. The standard InChI is InChI=1S/C16H22N4O2S2/c1-4-6-11(2)17-14(21)10-23-16-20-19-15(24-16)18-12-7-5-8-13(9-12)22-3/h5,7-9,11H,4,6,10H2,1-3H3,(H,17,21)(H,18,19). The second-order valence-corrected chi connectivity index (χ2v) is 7.48. The molecule has 0 aliphatic heterocycles. The van der Waals surface area contributed by atoms with Crippen LogP contribution in [0.15, 0.2) is 28.6 Å². The summed E-state index contributed by atoms with van der Waals surface area (Å²) in [7, 11) is 1.63. The fraction of sp³-hybridized carbons (Fsp3) is 0.438. The van der Waals surface area contributed by atoms with Gasteiger partial charge < -0.3 is 15.4 Å². The van der Waals surface area contributed by atoms with E-state index in [1.165, 1.54) is 23.1 Å². The number of thioether (sulfide) groups is 1. The van der Waals surface area contributed by atoms with Gasteiger partial charge in [0.15, 0.2) is 4.34 Å². The van der Waals surface area contributed by atoms with Gasteiger partial charge in [-0.2, -0.15) is 0 Å². The van der Waals surface area contributed by atoms with Crippen LogP contribution in [0.4, 0.5) is 10.8 Å². The van der Waals surface area contributed by atoms with Crippen molar-refractivity contribution in [1.82, 2.24) is 15.5 Å². The van der Waals surface area contributed by atoms with Crippen LogP contribution in [0, 0.1) is 0 Å². The van der Waals surface area contributed by atoms with Gasteiger partial charge in [0, 0.05) is 17.8 Å². The van der Waals surface area contributed by atoms with Gasteiger partial charge in [-0.25, -0.2) is 0 Å². The third kappa shape index (κ3) is 6.01. The van der Waals surface area contributed by atoms with Gasteiger partial charge in [-0.3, -0.25) is 4.79 Å². The molecule has 2 N–H and O–H groups in total. The molecule has 2 rings (SSSR count). The molecule has 1 aromatic carbocycles. The van der Waals surface area contributed by atoms with Crippen molar-refractivity contribution >= 4 is 39.8 Å². The molecule has 0 aliphatic carbocycles. The molecule has 1 heterocycles. The van der Waals surface area contributed by atoms with E-state index in [1.807, 2.05) is 31.2 Å². The zero-order chi connectivity index (χ0) is 17.4. The Morgan fingerprint density at radius 3 is 3.00 bits per heavy atom. The Morgan fingerprint density at radius 2 is 2.25 bits per heavy atom. The molecule has 0 saturated heterocycles. The second kappa shape index (κ2) is 9.48. The number of benzene rings is 1. The number of amides is 1. The number of anilines is 2. The predicted molar refractivity (Wildman–Crippen MR) is 99.4 cm³/mol. The molecule has 1 unspecified atom stereocenters. The molecule has 0 fully saturated rings. The lowest BCUT2D eigenvalue weighted by molar-refractivity contribution is -0.119. The summed E-state index contributed by atoms with van der Waals surface area (Å²) in [6.45, 7) is 4.13. The van der Waals surface area contributed by atoms with E-state index in [9.17, 15) is 4.79 Å². The number of hydrogen-bond donors (Lipinski definition) is 2. The lowest BCUT2D eigenvalue weighted by atomic mass is 10.2. The molecule has 1 atom stereocenters. The van der Waals surface area contributed by atoms with Crippen LogP contribution in [0.25, 0.3) is 0 Å². The Labute approximate surface area is 150 Å². The van der Waals surface area contributed by atoms with E-state index in [2.05, 4.69) is 27.8 Å². The maximum Gasteiger partial charge on any atom is 0.230 e. The molecule has 6 nitrogen and oxygen atoms in total. The minimum absolute atomic E-state index is 0.0263. The first-order valence-corrected chi connectivity index (χ1v) is 9.57. The first-order chi connectivity index (χ1) is 11.6. The summed E-state index contributed by atoms with van der Waals surface area (Å²) in [4.78, 5) is 11.9. The van der Waals surface area contributed by atoms with Crippen LogP contribution >= 0.6 is 23.1 Å². The van der Waals surface area contributed by atoms with Crippen LogP contribution in [0.1, 0.15) is 26.7 Å². The largest absolute Gasteiger partial charge is 0.497 e. The summed E-state index contributed by atoms with van der Waals surface area (Å²) < 4.78 is 5.95. The molecule has 0 spiro atoms. The summed E-state index contributed by atoms with van der Waals surface area (Å²) in [6, 6.07) is 7.81. The Morgan fingerprint density at radius 1 is 1.42 bits per heavy atom. The summed E-state index contributed by atoms with van der Waals surface area (Å²) in [5, 5.41) is 15.0. The van der Waals surface area contributed by atoms with Crippen molar-refractivity contribution in [3.05, 3.63) is 24.3 Å². The topological polar surface area (TPSA) is 76.1 Å². The minimum atomic E-state index is 0.0263. The number of carbonyl (C=O) groups is 1. The average molecular weight is 367 g/mol. The Bertz CT molecular complexity index is 663.